The minimum absolute atomic E-state index is 0.0804. The average Bonchev–Trinajstić information content (AvgIpc) is 3.14. The average molecular weight is 390 g/mol. The quantitative estimate of drug-likeness (QED) is 0.662. The van der Waals surface area contributed by atoms with Gasteiger partial charge in [-0.05, 0) is 45.6 Å². The number of carbonyl (C=O) groups excluding carboxylic acids is 1. The van der Waals surface area contributed by atoms with E-state index in [4.69, 9.17) is 9.51 Å². The highest BCUT2D eigenvalue weighted by atomic mass is 16.5. The first-order valence-corrected chi connectivity index (χ1v) is 10.1. The number of nitrogens with zero attached hydrogens (tertiary/aromatic N) is 4. The van der Waals surface area contributed by atoms with E-state index in [2.05, 4.69) is 16.2 Å². The van der Waals surface area contributed by atoms with E-state index in [1.165, 1.54) is 5.56 Å². The molecule has 0 aliphatic carbocycles. The molecule has 1 fully saturated rings. The van der Waals surface area contributed by atoms with E-state index in [1.54, 1.807) is 6.20 Å². The molecule has 1 saturated heterocycles. The number of hydrogen-bond acceptors (Lipinski definition) is 5. The number of aryl methyl sites for hydroxylation is 3. The van der Waals surface area contributed by atoms with Crippen molar-refractivity contribution in [3.8, 4) is 11.3 Å². The van der Waals surface area contributed by atoms with Gasteiger partial charge in [-0.15, -0.1) is 0 Å². The molecular weight excluding hydrogens is 364 g/mol. The van der Waals surface area contributed by atoms with E-state index >= 15 is 0 Å². The second kappa shape index (κ2) is 8.15. The van der Waals surface area contributed by atoms with Crippen molar-refractivity contribution in [3.05, 3.63) is 64.9 Å². The maximum atomic E-state index is 13.2. The molecule has 0 bridgehead atoms. The summed E-state index contributed by atoms with van der Waals surface area (Å²) in [7, 11) is 0. The predicted octanol–water partition coefficient (Wildman–Crippen LogP) is 4.35. The van der Waals surface area contributed by atoms with Crippen molar-refractivity contribution in [2.75, 3.05) is 6.54 Å². The number of piperidine rings is 1. The molecule has 6 nitrogen and oxygen atoms in total. The van der Waals surface area contributed by atoms with Crippen molar-refractivity contribution in [1.82, 2.24) is 20.0 Å². The zero-order valence-corrected chi connectivity index (χ0v) is 17.2. The molecule has 1 amide bonds. The SMILES string of the molecule is Cc1cccc(CC(=O)N2CCCC[C@H]2c2nc(C)ncc2-c2cc(C)no2)c1. The molecule has 3 aromatic rings. The largest absolute Gasteiger partial charge is 0.356 e. The van der Waals surface area contributed by atoms with Crippen LogP contribution in [0.4, 0.5) is 0 Å². The van der Waals surface area contributed by atoms with Gasteiger partial charge in [0.1, 0.15) is 5.82 Å². The summed E-state index contributed by atoms with van der Waals surface area (Å²) in [4.78, 5) is 24.3. The van der Waals surface area contributed by atoms with Crippen molar-refractivity contribution < 1.29 is 9.32 Å². The Kier molecular flexibility index (Phi) is 5.43. The molecule has 2 aromatic heterocycles. The summed E-state index contributed by atoms with van der Waals surface area (Å²) in [6.45, 7) is 6.56. The third kappa shape index (κ3) is 4.21. The molecule has 0 unspecified atom stereocenters. The van der Waals surface area contributed by atoms with Gasteiger partial charge in [-0.1, -0.05) is 35.0 Å². The summed E-state index contributed by atoms with van der Waals surface area (Å²) in [5.41, 5.74) is 4.69. The topological polar surface area (TPSA) is 72.1 Å². The van der Waals surface area contributed by atoms with E-state index in [0.29, 0.717) is 18.0 Å². The van der Waals surface area contributed by atoms with E-state index < -0.39 is 0 Å². The van der Waals surface area contributed by atoms with Gasteiger partial charge in [0.2, 0.25) is 5.91 Å². The Labute approximate surface area is 171 Å². The van der Waals surface area contributed by atoms with Crippen LogP contribution in [-0.4, -0.2) is 32.5 Å². The van der Waals surface area contributed by atoms with Crippen molar-refractivity contribution in [2.24, 2.45) is 0 Å². The van der Waals surface area contributed by atoms with Crippen LogP contribution >= 0.6 is 0 Å². The number of hydrogen-bond donors (Lipinski definition) is 0. The van der Waals surface area contributed by atoms with Crippen LogP contribution < -0.4 is 0 Å². The minimum atomic E-state index is -0.0804. The van der Waals surface area contributed by atoms with Crippen LogP contribution in [-0.2, 0) is 11.2 Å². The van der Waals surface area contributed by atoms with Crippen molar-refractivity contribution in [2.45, 2.75) is 52.5 Å². The Balaban J connectivity index is 1.67. The van der Waals surface area contributed by atoms with Gasteiger partial charge in [0.05, 0.1) is 29.4 Å². The highest BCUT2D eigenvalue weighted by molar-refractivity contribution is 5.79. The number of benzene rings is 1. The number of aromatic nitrogens is 3. The third-order valence-corrected chi connectivity index (χ3v) is 5.41. The van der Waals surface area contributed by atoms with Crippen LogP contribution in [0.3, 0.4) is 0 Å². The standard InChI is InChI=1S/C23H26N4O2/c1-15-7-6-8-18(11-15)13-22(28)27-10-5-4-9-20(27)23-19(14-24-17(3)25-23)21-12-16(2)26-29-21/h6-8,11-12,14,20H,4-5,9-10,13H2,1-3H3/t20-/m0/s1. The number of rotatable bonds is 4. The fourth-order valence-electron chi connectivity index (χ4n) is 4.03. The Bertz CT molecular complexity index is 1030. The van der Waals surface area contributed by atoms with E-state index in [0.717, 1.165) is 48.3 Å². The summed E-state index contributed by atoms with van der Waals surface area (Å²) in [5.74, 6) is 1.47. The van der Waals surface area contributed by atoms with Crippen LogP contribution in [0.1, 0.15) is 53.6 Å². The Morgan fingerprint density at radius 2 is 2.07 bits per heavy atom. The Morgan fingerprint density at radius 1 is 1.21 bits per heavy atom. The summed E-state index contributed by atoms with van der Waals surface area (Å²) in [5, 5.41) is 4.01. The number of carbonyl (C=O) groups is 1. The van der Waals surface area contributed by atoms with Gasteiger partial charge in [0, 0.05) is 18.8 Å². The molecule has 6 heteroatoms. The molecule has 0 spiro atoms. The molecule has 0 saturated carbocycles. The van der Waals surface area contributed by atoms with Gasteiger partial charge in [0.15, 0.2) is 5.76 Å². The van der Waals surface area contributed by atoms with Gasteiger partial charge in [-0.3, -0.25) is 4.79 Å². The molecule has 1 aliphatic heterocycles. The van der Waals surface area contributed by atoms with Crippen LogP contribution in [0.5, 0.6) is 0 Å². The highest BCUT2D eigenvalue weighted by Gasteiger charge is 2.32. The van der Waals surface area contributed by atoms with Crippen molar-refractivity contribution in [1.29, 1.82) is 0 Å². The molecule has 1 atom stereocenters. The molecule has 29 heavy (non-hydrogen) atoms. The van der Waals surface area contributed by atoms with Gasteiger partial charge < -0.3 is 9.42 Å². The lowest BCUT2D eigenvalue weighted by atomic mass is 9.94. The Hall–Kier alpha value is -3.02. The highest BCUT2D eigenvalue weighted by Crippen LogP contribution is 2.36. The zero-order chi connectivity index (χ0) is 20.4. The zero-order valence-electron chi connectivity index (χ0n) is 17.2. The molecule has 0 N–H and O–H groups in total. The summed E-state index contributed by atoms with van der Waals surface area (Å²) >= 11 is 0. The lowest BCUT2D eigenvalue weighted by molar-refractivity contribution is -0.134. The van der Waals surface area contributed by atoms with Crippen molar-refractivity contribution in [3.63, 3.8) is 0 Å². The summed E-state index contributed by atoms with van der Waals surface area (Å²) in [6.07, 6.45) is 5.15. The lowest BCUT2D eigenvalue weighted by Crippen LogP contribution is -2.40. The molecular formula is C23H26N4O2. The van der Waals surface area contributed by atoms with Gasteiger partial charge >= 0.3 is 0 Å². The maximum absolute atomic E-state index is 13.2. The van der Waals surface area contributed by atoms with Crippen LogP contribution in [0, 0.1) is 20.8 Å². The third-order valence-electron chi connectivity index (χ3n) is 5.41. The molecule has 150 valence electrons. The number of likely N-dealkylation sites (tertiary alicyclic amines) is 1. The molecule has 3 heterocycles. The molecule has 0 radical (unpaired) electrons. The summed E-state index contributed by atoms with van der Waals surface area (Å²) in [6, 6.07) is 9.95. The fourth-order valence-corrected chi connectivity index (χ4v) is 4.03. The lowest BCUT2D eigenvalue weighted by Gasteiger charge is -2.36. The van der Waals surface area contributed by atoms with E-state index in [-0.39, 0.29) is 11.9 Å². The molecule has 1 aliphatic rings. The summed E-state index contributed by atoms with van der Waals surface area (Å²) < 4.78 is 5.49. The van der Waals surface area contributed by atoms with Gasteiger partial charge in [-0.2, -0.15) is 0 Å². The van der Waals surface area contributed by atoms with Gasteiger partial charge in [-0.25, -0.2) is 9.97 Å². The minimum Gasteiger partial charge on any atom is -0.356 e. The van der Waals surface area contributed by atoms with E-state index in [1.807, 2.05) is 49.9 Å². The predicted molar refractivity (Wildman–Crippen MR) is 110 cm³/mol. The first kappa shape index (κ1) is 19.3. The monoisotopic (exact) mass is 390 g/mol. The van der Waals surface area contributed by atoms with E-state index in [9.17, 15) is 4.79 Å². The fraction of sp³-hybridized carbons (Fsp3) is 0.391. The second-order valence-electron chi connectivity index (χ2n) is 7.81. The second-order valence-corrected chi connectivity index (χ2v) is 7.81. The smallest absolute Gasteiger partial charge is 0.227 e. The maximum Gasteiger partial charge on any atom is 0.227 e. The van der Waals surface area contributed by atoms with Crippen LogP contribution in [0.15, 0.2) is 41.1 Å². The van der Waals surface area contributed by atoms with Gasteiger partial charge in [0.25, 0.3) is 0 Å². The normalized spacial score (nSPS) is 16.8. The Morgan fingerprint density at radius 3 is 2.83 bits per heavy atom. The molecule has 4 rings (SSSR count). The van der Waals surface area contributed by atoms with Crippen LogP contribution in [0.25, 0.3) is 11.3 Å². The molecule has 1 aromatic carbocycles. The number of amides is 1. The van der Waals surface area contributed by atoms with Crippen LogP contribution in [0.2, 0.25) is 0 Å². The first-order valence-electron chi connectivity index (χ1n) is 10.1. The first-order chi connectivity index (χ1) is 14.0. The van der Waals surface area contributed by atoms with Crippen molar-refractivity contribution >= 4 is 5.91 Å².